The maximum absolute atomic E-state index is 9.60. The number of rotatable bonds is 5. The van der Waals surface area contributed by atoms with Crippen LogP contribution in [0, 0.1) is 12.3 Å². The Bertz CT molecular complexity index is 358. The van der Waals surface area contributed by atoms with Gasteiger partial charge in [0.25, 0.3) is 0 Å². The number of aliphatic hydroxyl groups is 1. The second-order valence-electron chi connectivity index (χ2n) is 5.40. The third kappa shape index (κ3) is 3.27. The van der Waals surface area contributed by atoms with Gasteiger partial charge < -0.3 is 5.11 Å². The minimum atomic E-state index is 0.153. The number of hydrogen-bond donors (Lipinski definition) is 1. The minimum absolute atomic E-state index is 0.153. The lowest BCUT2D eigenvalue weighted by atomic mass is 9.87. The first kappa shape index (κ1) is 13.0. The maximum atomic E-state index is 9.60. The average molecular weight is 254 g/mol. The van der Waals surface area contributed by atoms with E-state index in [0.29, 0.717) is 6.61 Å². The Morgan fingerprint density at radius 3 is 2.71 bits per heavy atom. The van der Waals surface area contributed by atoms with Crippen molar-refractivity contribution in [3.63, 3.8) is 0 Å². The number of thiazole rings is 1. The molecule has 0 aromatic carbocycles. The van der Waals surface area contributed by atoms with Crippen LogP contribution in [0.3, 0.4) is 0 Å². The Balaban J connectivity index is 1.90. The predicted octanol–water partition coefficient (Wildman–Crippen LogP) is 2.44. The molecule has 1 aromatic rings. The van der Waals surface area contributed by atoms with Gasteiger partial charge >= 0.3 is 0 Å². The van der Waals surface area contributed by atoms with Crippen molar-refractivity contribution in [2.24, 2.45) is 5.41 Å². The van der Waals surface area contributed by atoms with Crippen LogP contribution < -0.4 is 0 Å². The van der Waals surface area contributed by atoms with E-state index < -0.39 is 0 Å². The summed E-state index contributed by atoms with van der Waals surface area (Å²) in [5.41, 5.74) is 1.31. The molecule has 2 rings (SSSR count). The summed E-state index contributed by atoms with van der Waals surface area (Å²) < 4.78 is 0. The number of aliphatic hydroxyl groups excluding tert-OH is 1. The molecule has 4 heteroatoms. The van der Waals surface area contributed by atoms with Crippen LogP contribution in [-0.2, 0) is 6.54 Å². The van der Waals surface area contributed by atoms with E-state index in [1.165, 1.54) is 25.7 Å². The van der Waals surface area contributed by atoms with Crippen LogP contribution in [0.2, 0.25) is 0 Å². The van der Waals surface area contributed by atoms with E-state index in [1.54, 1.807) is 11.3 Å². The van der Waals surface area contributed by atoms with E-state index in [1.807, 2.05) is 6.92 Å². The molecule has 0 saturated heterocycles. The zero-order valence-electron chi connectivity index (χ0n) is 10.8. The highest BCUT2D eigenvalue weighted by Gasteiger charge is 2.34. The summed E-state index contributed by atoms with van der Waals surface area (Å²) >= 11 is 1.71. The molecular formula is C13H22N2OS. The molecule has 3 nitrogen and oxygen atoms in total. The topological polar surface area (TPSA) is 36.4 Å². The zero-order chi connectivity index (χ0) is 12.3. The van der Waals surface area contributed by atoms with Gasteiger partial charge in [0.2, 0.25) is 0 Å². The molecule has 1 aliphatic carbocycles. The van der Waals surface area contributed by atoms with Crippen molar-refractivity contribution in [2.45, 2.75) is 39.2 Å². The molecule has 0 spiro atoms. The molecule has 96 valence electrons. The van der Waals surface area contributed by atoms with Crippen molar-refractivity contribution >= 4 is 11.3 Å². The van der Waals surface area contributed by atoms with E-state index in [0.717, 1.165) is 23.8 Å². The highest BCUT2D eigenvalue weighted by atomic mass is 32.1. The number of hydrogen-bond acceptors (Lipinski definition) is 4. The summed E-state index contributed by atoms with van der Waals surface area (Å²) in [6.07, 6.45) is 4.88. The molecule has 17 heavy (non-hydrogen) atoms. The Morgan fingerprint density at radius 1 is 1.47 bits per heavy atom. The maximum Gasteiger partial charge on any atom is 0.0897 e. The van der Waals surface area contributed by atoms with E-state index in [4.69, 9.17) is 0 Å². The van der Waals surface area contributed by atoms with Crippen LogP contribution in [0.5, 0.6) is 0 Å². The quantitative estimate of drug-likeness (QED) is 0.877. The van der Waals surface area contributed by atoms with Crippen LogP contribution >= 0.6 is 11.3 Å². The second kappa shape index (κ2) is 5.46. The Hall–Kier alpha value is -0.450. The highest BCUT2D eigenvalue weighted by Crippen LogP contribution is 2.38. The van der Waals surface area contributed by atoms with Crippen molar-refractivity contribution in [2.75, 3.05) is 20.2 Å². The van der Waals surface area contributed by atoms with E-state index in [9.17, 15) is 5.11 Å². The Labute approximate surface area is 107 Å². The van der Waals surface area contributed by atoms with Crippen molar-refractivity contribution in [1.29, 1.82) is 0 Å². The molecule has 1 aliphatic rings. The number of nitrogens with zero attached hydrogens (tertiary/aromatic N) is 2. The van der Waals surface area contributed by atoms with Crippen molar-refractivity contribution in [3.8, 4) is 0 Å². The third-order valence-electron chi connectivity index (χ3n) is 3.70. The lowest BCUT2D eigenvalue weighted by Gasteiger charge is -2.31. The number of aromatic nitrogens is 1. The van der Waals surface area contributed by atoms with Crippen LogP contribution in [0.15, 0.2) is 5.38 Å². The van der Waals surface area contributed by atoms with Gasteiger partial charge in [-0.05, 0) is 26.8 Å². The predicted molar refractivity (Wildman–Crippen MR) is 71.2 cm³/mol. The molecule has 1 saturated carbocycles. The Morgan fingerprint density at radius 2 is 2.18 bits per heavy atom. The molecule has 0 bridgehead atoms. The van der Waals surface area contributed by atoms with Gasteiger partial charge in [-0.15, -0.1) is 11.3 Å². The van der Waals surface area contributed by atoms with Gasteiger partial charge in [0.15, 0.2) is 0 Å². The van der Waals surface area contributed by atoms with Crippen LogP contribution in [0.25, 0.3) is 0 Å². The van der Waals surface area contributed by atoms with Gasteiger partial charge in [-0.1, -0.05) is 12.8 Å². The molecule has 0 amide bonds. The van der Waals surface area contributed by atoms with E-state index >= 15 is 0 Å². The third-order valence-corrected chi connectivity index (χ3v) is 4.53. The summed E-state index contributed by atoms with van der Waals surface area (Å²) in [5.74, 6) is 0. The molecule has 1 heterocycles. The van der Waals surface area contributed by atoms with Crippen LogP contribution in [0.4, 0.5) is 0 Å². The van der Waals surface area contributed by atoms with Gasteiger partial charge in [-0.3, -0.25) is 4.90 Å². The molecule has 0 aliphatic heterocycles. The molecule has 0 atom stereocenters. The molecule has 0 radical (unpaired) electrons. The lowest BCUT2D eigenvalue weighted by Crippen LogP contribution is -2.36. The highest BCUT2D eigenvalue weighted by molar-refractivity contribution is 7.09. The van der Waals surface area contributed by atoms with Crippen LogP contribution in [-0.4, -0.2) is 35.2 Å². The standard InChI is InChI=1S/C13H22N2OS/c1-11-14-12(8-17-11)7-15(2)9-13(10-16)5-3-4-6-13/h8,16H,3-7,9-10H2,1-2H3. The monoisotopic (exact) mass is 254 g/mol. The van der Waals surface area contributed by atoms with E-state index in [2.05, 4.69) is 22.3 Å². The largest absolute Gasteiger partial charge is 0.396 e. The van der Waals surface area contributed by atoms with Gasteiger partial charge in [0.1, 0.15) is 0 Å². The fourth-order valence-electron chi connectivity index (χ4n) is 2.88. The molecule has 0 unspecified atom stereocenters. The second-order valence-corrected chi connectivity index (χ2v) is 6.46. The number of aryl methyl sites for hydroxylation is 1. The van der Waals surface area contributed by atoms with Gasteiger partial charge in [-0.25, -0.2) is 4.98 Å². The van der Waals surface area contributed by atoms with Gasteiger partial charge in [0.05, 0.1) is 10.7 Å². The summed E-state index contributed by atoms with van der Waals surface area (Å²) in [7, 11) is 2.13. The summed E-state index contributed by atoms with van der Waals surface area (Å²) in [5, 5.41) is 12.9. The minimum Gasteiger partial charge on any atom is -0.396 e. The molecular weight excluding hydrogens is 232 g/mol. The Kier molecular flexibility index (Phi) is 4.17. The smallest absolute Gasteiger partial charge is 0.0897 e. The average Bonchev–Trinajstić information content (AvgIpc) is 2.89. The lowest BCUT2D eigenvalue weighted by molar-refractivity contribution is 0.0860. The van der Waals surface area contributed by atoms with Crippen molar-refractivity contribution < 1.29 is 5.11 Å². The first-order valence-electron chi connectivity index (χ1n) is 6.34. The SMILES string of the molecule is Cc1nc(CN(C)CC2(CO)CCCC2)cs1. The first-order valence-corrected chi connectivity index (χ1v) is 7.22. The normalized spacial score (nSPS) is 19.1. The molecule has 1 fully saturated rings. The zero-order valence-corrected chi connectivity index (χ0v) is 11.6. The van der Waals surface area contributed by atoms with E-state index in [-0.39, 0.29) is 5.41 Å². The van der Waals surface area contributed by atoms with Crippen LogP contribution in [0.1, 0.15) is 36.4 Å². The van der Waals surface area contributed by atoms with Crippen molar-refractivity contribution in [3.05, 3.63) is 16.1 Å². The molecule has 1 aromatic heterocycles. The first-order chi connectivity index (χ1) is 8.13. The molecule has 1 N–H and O–H groups in total. The van der Waals surface area contributed by atoms with Crippen molar-refractivity contribution in [1.82, 2.24) is 9.88 Å². The van der Waals surface area contributed by atoms with Gasteiger partial charge in [0, 0.05) is 30.5 Å². The fourth-order valence-corrected chi connectivity index (χ4v) is 3.48. The summed E-state index contributed by atoms with van der Waals surface area (Å²) in [6, 6.07) is 0. The summed E-state index contributed by atoms with van der Waals surface area (Å²) in [6.45, 7) is 4.25. The fraction of sp³-hybridized carbons (Fsp3) is 0.769. The summed E-state index contributed by atoms with van der Waals surface area (Å²) in [4.78, 5) is 6.79. The van der Waals surface area contributed by atoms with Gasteiger partial charge in [-0.2, -0.15) is 0 Å².